The van der Waals surface area contributed by atoms with E-state index in [0.717, 1.165) is 18.2 Å². The van der Waals surface area contributed by atoms with Gasteiger partial charge in [0.05, 0.1) is 0 Å². The van der Waals surface area contributed by atoms with E-state index in [0.29, 0.717) is 0 Å². The highest BCUT2D eigenvalue weighted by Crippen LogP contribution is 2.07. The zero-order valence-electron chi connectivity index (χ0n) is 7.27. The van der Waals surface area contributed by atoms with Gasteiger partial charge in [0.25, 0.3) is 0 Å². The van der Waals surface area contributed by atoms with Crippen LogP contribution in [0.4, 0.5) is 8.78 Å². The van der Waals surface area contributed by atoms with E-state index in [4.69, 9.17) is 5.73 Å². The van der Waals surface area contributed by atoms with E-state index in [1.54, 1.807) is 0 Å². The number of nitrogens with two attached hydrogens (primary N) is 1. The Kier molecular flexibility index (Phi) is 5.21. The summed E-state index contributed by atoms with van der Waals surface area (Å²) in [5, 5.41) is 0. The van der Waals surface area contributed by atoms with E-state index in [1.807, 2.05) is 13.8 Å². The van der Waals surface area contributed by atoms with E-state index in [9.17, 15) is 8.78 Å². The van der Waals surface area contributed by atoms with Crippen LogP contribution in [-0.4, -0.2) is 0 Å². The molecule has 0 aliphatic rings. The molecule has 0 aromatic heterocycles. The van der Waals surface area contributed by atoms with Crippen molar-refractivity contribution >= 4 is 0 Å². The summed E-state index contributed by atoms with van der Waals surface area (Å²) in [6.45, 7) is 4.03. The Hall–Kier alpha value is -0.960. The van der Waals surface area contributed by atoms with Gasteiger partial charge in [0.2, 0.25) is 0 Å². The summed E-state index contributed by atoms with van der Waals surface area (Å²) in [5.74, 6) is -0.911. The topological polar surface area (TPSA) is 26.0 Å². The van der Waals surface area contributed by atoms with Gasteiger partial charge in [-0.1, -0.05) is 13.8 Å². The molecule has 0 amide bonds. The Morgan fingerprint density at radius 2 is 1.83 bits per heavy atom. The van der Waals surface area contributed by atoms with Crippen molar-refractivity contribution in [3.63, 3.8) is 0 Å². The molecule has 0 heterocycles. The second-order valence-electron chi connectivity index (χ2n) is 1.94. The van der Waals surface area contributed by atoms with E-state index in [2.05, 4.69) is 0 Å². The minimum Gasteiger partial charge on any atom is -0.326 e. The van der Waals surface area contributed by atoms with Gasteiger partial charge in [-0.25, -0.2) is 8.78 Å². The monoisotopic (exact) mass is 173 g/mol. The average Bonchev–Trinajstić information content (AvgIpc) is 2.13. The molecule has 1 aromatic carbocycles. The van der Waals surface area contributed by atoms with Gasteiger partial charge in [-0.15, -0.1) is 0 Å². The van der Waals surface area contributed by atoms with Crippen molar-refractivity contribution in [2.45, 2.75) is 20.4 Å². The van der Waals surface area contributed by atoms with Crippen LogP contribution in [0, 0.1) is 11.6 Å². The molecule has 0 atom stereocenters. The molecule has 1 rings (SSSR count). The van der Waals surface area contributed by atoms with Crippen molar-refractivity contribution in [3.05, 3.63) is 35.4 Å². The first-order chi connectivity index (χ1) is 5.74. The third-order valence-electron chi connectivity index (χ3n) is 1.23. The largest absolute Gasteiger partial charge is 0.326 e. The standard InChI is InChI=1S/C7H7F2N.C2H6/c8-6-1-2-7(9)5(3-6)4-10;1-2/h1-3H,4,10H2;1-2H3. The van der Waals surface area contributed by atoms with Gasteiger partial charge in [0.15, 0.2) is 0 Å². The van der Waals surface area contributed by atoms with Crippen LogP contribution < -0.4 is 5.73 Å². The lowest BCUT2D eigenvalue weighted by Crippen LogP contribution is -1.99. The van der Waals surface area contributed by atoms with Crippen LogP contribution in [0.2, 0.25) is 0 Å². The zero-order chi connectivity index (χ0) is 9.56. The predicted molar refractivity (Wildman–Crippen MR) is 45.6 cm³/mol. The maximum Gasteiger partial charge on any atom is 0.127 e. The Labute approximate surface area is 71.2 Å². The summed E-state index contributed by atoms with van der Waals surface area (Å²) >= 11 is 0. The van der Waals surface area contributed by atoms with Crippen molar-refractivity contribution in [2.75, 3.05) is 0 Å². The molecule has 0 bridgehead atoms. The van der Waals surface area contributed by atoms with Crippen molar-refractivity contribution in [1.82, 2.24) is 0 Å². The van der Waals surface area contributed by atoms with E-state index >= 15 is 0 Å². The Bertz CT molecular complexity index is 236. The highest BCUT2D eigenvalue weighted by atomic mass is 19.1. The first-order valence-electron chi connectivity index (χ1n) is 3.88. The van der Waals surface area contributed by atoms with E-state index < -0.39 is 11.6 Å². The SMILES string of the molecule is CC.NCc1cc(F)ccc1F. The number of halogens is 2. The number of hydrogen-bond donors (Lipinski definition) is 1. The molecule has 0 aliphatic carbocycles. The molecule has 0 spiro atoms. The van der Waals surface area contributed by atoms with Gasteiger partial charge in [0.1, 0.15) is 11.6 Å². The van der Waals surface area contributed by atoms with Crippen LogP contribution in [0.25, 0.3) is 0 Å². The second-order valence-corrected chi connectivity index (χ2v) is 1.94. The molecule has 0 saturated heterocycles. The molecular weight excluding hydrogens is 160 g/mol. The van der Waals surface area contributed by atoms with Crippen LogP contribution in [-0.2, 0) is 6.54 Å². The zero-order valence-corrected chi connectivity index (χ0v) is 7.27. The number of rotatable bonds is 1. The maximum atomic E-state index is 12.5. The van der Waals surface area contributed by atoms with Crippen LogP contribution in [0.1, 0.15) is 19.4 Å². The predicted octanol–water partition coefficient (Wildman–Crippen LogP) is 2.45. The lowest BCUT2D eigenvalue weighted by atomic mass is 10.2. The summed E-state index contributed by atoms with van der Waals surface area (Å²) < 4.78 is 24.8. The first kappa shape index (κ1) is 11.0. The third kappa shape index (κ3) is 2.96. The molecule has 1 nitrogen and oxygen atoms in total. The van der Waals surface area contributed by atoms with Crippen molar-refractivity contribution in [1.29, 1.82) is 0 Å². The Balaban J connectivity index is 0.000000561. The average molecular weight is 173 g/mol. The van der Waals surface area contributed by atoms with Crippen LogP contribution in [0.3, 0.4) is 0 Å². The second kappa shape index (κ2) is 5.66. The van der Waals surface area contributed by atoms with Gasteiger partial charge >= 0.3 is 0 Å². The van der Waals surface area contributed by atoms with Crippen LogP contribution >= 0.6 is 0 Å². The molecule has 0 unspecified atom stereocenters. The lowest BCUT2D eigenvalue weighted by Gasteiger charge is -1.97. The Morgan fingerprint density at radius 3 is 2.25 bits per heavy atom. The van der Waals surface area contributed by atoms with Crippen molar-refractivity contribution in [3.8, 4) is 0 Å². The van der Waals surface area contributed by atoms with E-state index in [-0.39, 0.29) is 12.1 Å². The number of hydrogen-bond acceptors (Lipinski definition) is 1. The first-order valence-corrected chi connectivity index (χ1v) is 3.88. The molecule has 0 aliphatic heterocycles. The normalized spacial score (nSPS) is 8.75. The third-order valence-corrected chi connectivity index (χ3v) is 1.23. The smallest absolute Gasteiger partial charge is 0.127 e. The van der Waals surface area contributed by atoms with Crippen LogP contribution in [0.15, 0.2) is 18.2 Å². The fourth-order valence-electron chi connectivity index (χ4n) is 0.700. The minimum absolute atomic E-state index is 0.0313. The molecular formula is C9H13F2N. The highest BCUT2D eigenvalue weighted by molar-refractivity contribution is 5.17. The molecule has 0 radical (unpaired) electrons. The quantitative estimate of drug-likeness (QED) is 0.693. The van der Waals surface area contributed by atoms with Crippen LogP contribution in [0.5, 0.6) is 0 Å². The molecule has 2 N–H and O–H groups in total. The maximum absolute atomic E-state index is 12.5. The fraction of sp³-hybridized carbons (Fsp3) is 0.333. The lowest BCUT2D eigenvalue weighted by molar-refractivity contribution is 0.586. The fourth-order valence-corrected chi connectivity index (χ4v) is 0.700. The molecule has 0 fully saturated rings. The van der Waals surface area contributed by atoms with E-state index in [1.165, 1.54) is 0 Å². The van der Waals surface area contributed by atoms with Gasteiger partial charge in [-0.2, -0.15) is 0 Å². The summed E-state index contributed by atoms with van der Waals surface area (Å²) in [4.78, 5) is 0. The van der Waals surface area contributed by atoms with Gasteiger partial charge in [-0.3, -0.25) is 0 Å². The molecule has 68 valence electrons. The van der Waals surface area contributed by atoms with Crippen molar-refractivity contribution < 1.29 is 8.78 Å². The summed E-state index contributed by atoms with van der Waals surface area (Å²) in [5.41, 5.74) is 5.32. The molecule has 12 heavy (non-hydrogen) atoms. The highest BCUT2D eigenvalue weighted by Gasteiger charge is 1.99. The number of benzene rings is 1. The Morgan fingerprint density at radius 1 is 1.25 bits per heavy atom. The van der Waals surface area contributed by atoms with Crippen molar-refractivity contribution in [2.24, 2.45) is 5.73 Å². The van der Waals surface area contributed by atoms with Gasteiger partial charge in [-0.05, 0) is 18.2 Å². The molecule has 0 saturated carbocycles. The van der Waals surface area contributed by atoms with Gasteiger partial charge < -0.3 is 5.73 Å². The summed E-state index contributed by atoms with van der Waals surface area (Å²) in [6, 6.07) is 3.22. The molecule has 1 aromatic rings. The summed E-state index contributed by atoms with van der Waals surface area (Å²) in [7, 11) is 0. The minimum atomic E-state index is -0.457. The summed E-state index contributed by atoms with van der Waals surface area (Å²) in [6.07, 6.45) is 0. The molecule has 3 heteroatoms. The van der Waals surface area contributed by atoms with Gasteiger partial charge in [0, 0.05) is 12.1 Å².